The van der Waals surface area contributed by atoms with Crippen LogP contribution in [0.2, 0.25) is 5.02 Å². The number of benzene rings is 1. The molecule has 0 spiro atoms. The van der Waals surface area contributed by atoms with E-state index in [1.807, 2.05) is 19.1 Å². The van der Waals surface area contributed by atoms with Gasteiger partial charge in [0.05, 0.1) is 17.5 Å². The highest BCUT2D eigenvalue weighted by molar-refractivity contribution is 6.32. The Kier molecular flexibility index (Phi) is 3.24. The first kappa shape index (κ1) is 9.69. The minimum absolute atomic E-state index is 0.0174. The van der Waals surface area contributed by atoms with E-state index in [9.17, 15) is 0 Å². The monoisotopic (exact) mass is 204 g/mol. The van der Waals surface area contributed by atoms with E-state index in [1.165, 1.54) is 0 Å². The van der Waals surface area contributed by atoms with Crippen molar-refractivity contribution in [2.24, 2.45) is 0 Å². The first-order valence-electron chi connectivity index (χ1n) is 3.62. The summed E-state index contributed by atoms with van der Waals surface area (Å²) in [7, 11) is 1.59. The van der Waals surface area contributed by atoms with E-state index in [2.05, 4.69) is 0 Å². The molecule has 0 aliphatic rings. The highest BCUT2D eigenvalue weighted by atomic mass is 35.5. The number of rotatable bonds is 2. The molecule has 12 heavy (non-hydrogen) atoms. The van der Waals surface area contributed by atoms with Gasteiger partial charge in [-0.1, -0.05) is 17.7 Å². The number of halogens is 2. The van der Waals surface area contributed by atoms with Gasteiger partial charge in [-0.2, -0.15) is 0 Å². The van der Waals surface area contributed by atoms with Crippen molar-refractivity contribution in [3.63, 3.8) is 0 Å². The lowest BCUT2D eigenvalue weighted by molar-refractivity contribution is 0.414. The molecule has 0 bridgehead atoms. The number of hydrogen-bond donors (Lipinski definition) is 0. The molecule has 0 heterocycles. The Labute approximate surface area is 82.2 Å². The molecule has 1 aromatic carbocycles. The van der Waals surface area contributed by atoms with E-state index in [1.54, 1.807) is 13.2 Å². The molecular formula is C9H10Cl2O. The zero-order valence-corrected chi connectivity index (χ0v) is 8.49. The summed E-state index contributed by atoms with van der Waals surface area (Å²) in [5.74, 6) is 0.668. The van der Waals surface area contributed by atoms with Gasteiger partial charge in [-0.3, -0.25) is 0 Å². The maximum Gasteiger partial charge on any atom is 0.137 e. The summed E-state index contributed by atoms with van der Waals surface area (Å²) in [6.45, 7) is 1.91. The molecule has 3 heteroatoms. The van der Waals surface area contributed by atoms with E-state index >= 15 is 0 Å². The van der Waals surface area contributed by atoms with Gasteiger partial charge in [-0.25, -0.2) is 0 Å². The van der Waals surface area contributed by atoms with Crippen molar-refractivity contribution in [2.75, 3.05) is 7.11 Å². The Hall–Kier alpha value is -0.400. The van der Waals surface area contributed by atoms with Crippen LogP contribution in [-0.2, 0) is 0 Å². The third-order valence-corrected chi connectivity index (χ3v) is 2.20. The molecule has 1 nitrogen and oxygen atoms in total. The molecule has 0 saturated heterocycles. The van der Waals surface area contributed by atoms with Crippen LogP contribution in [0.25, 0.3) is 0 Å². The summed E-state index contributed by atoms with van der Waals surface area (Å²) >= 11 is 11.7. The van der Waals surface area contributed by atoms with E-state index in [4.69, 9.17) is 27.9 Å². The van der Waals surface area contributed by atoms with Crippen LogP contribution in [-0.4, -0.2) is 7.11 Å². The number of ether oxygens (including phenoxy) is 1. The molecule has 0 saturated carbocycles. The Morgan fingerprint density at radius 1 is 1.42 bits per heavy atom. The van der Waals surface area contributed by atoms with Crippen LogP contribution in [0.3, 0.4) is 0 Å². The molecular weight excluding hydrogens is 195 g/mol. The zero-order valence-electron chi connectivity index (χ0n) is 6.97. The smallest absolute Gasteiger partial charge is 0.137 e. The minimum Gasteiger partial charge on any atom is -0.495 e. The molecule has 0 N–H and O–H groups in total. The average Bonchev–Trinajstić information content (AvgIpc) is 2.05. The Morgan fingerprint density at radius 3 is 2.58 bits per heavy atom. The van der Waals surface area contributed by atoms with Crippen molar-refractivity contribution in [3.05, 3.63) is 28.8 Å². The van der Waals surface area contributed by atoms with Crippen LogP contribution in [0, 0.1) is 0 Å². The SMILES string of the molecule is COc1cc(C(C)Cl)ccc1Cl. The molecule has 0 radical (unpaired) electrons. The number of alkyl halides is 1. The van der Waals surface area contributed by atoms with Crippen LogP contribution < -0.4 is 4.74 Å². The maximum atomic E-state index is 5.89. The molecule has 0 amide bonds. The molecule has 0 fully saturated rings. The lowest BCUT2D eigenvalue weighted by Crippen LogP contribution is -1.88. The molecule has 0 aliphatic heterocycles. The van der Waals surface area contributed by atoms with E-state index in [0.717, 1.165) is 5.56 Å². The fraction of sp³-hybridized carbons (Fsp3) is 0.333. The predicted octanol–water partition coefficient (Wildman–Crippen LogP) is 3.65. The second kappa shape index (κ2) is 4.01. The van der Waals surface area contributed by atoms with Gasteiger partial charge in [-0.15, -0.1) is 11.6 Å². The van der Waals surface area contributed by atoms with Gasteiger partial charge in [0.25, 0.3) is 0 Å². The zero-order chi connectivity index (χ0) is 9.14. The second-order valence-corrected chi connectivity index (χ2v) is 3.57. The van der Waals surface area contributed by atoms with E-state index in [-0.39, 0.29) is 5.38 Å². The quantitative estimate of drug-likeness (QED) is 0.669. The van der Waals surface area contributed by atoms with Crippen molar-refractivity contribution in [1.29, 1.82) is 0 Å². The largest absolute Gasteiger partial charge is 0.495 e. The Bertz CT molecular complexity index is 271. The van der Waals surface area contributed by atoms with Crippen LogP contribution in [0.4, 0.5) is 0 Å². The Morgan fingerprint density at radius 2 is 2.08 bits per heavy atom. The summed E-state index contributed by atoms with van der Waals surface area (Å²) in [5, 5.41) is 0.592. The first-order chi connectivity index (χ1) is 5.65. The van der Waals surface area contributed by atoms with E-state index < -0.39 is 0 Å². The van der Waals surface area contributed by atoms with Crippen LogP contribution in [0.5, 0.6) is 5.75 Å². The molecule has 1 aromatic rings. The predicted molar refractivity (Wildman–Crippen MR) is 52.3 cm³/mol. The first-order valence-corrected chi connectivity index (χ1v) is 4.44. The molecule has 1 atom stereocenters. The van der Waals surface area contributed by atoms with Gasteiger partial charge in [0.1, 0.15) is 5.75 Å². The van der Waals surface area contributed by atoms with Crippen molar-refractivity contribution >= 4 is 23.2 Å². The standard InChI is InChI=1S/C9H10Cl2O/c1-6(10)7-3-4-8(11)9(5-7)12-2/h3-6H,1-2H3. The molecule has 0 aromatic heterocycles. The Balaban J connectivity index is 3.05. The normalized spacial score (nSPS) is 12.7. The number of hydrogen-bond acceptors (Lipinski definition) is 1. The molecule has 66 valence electrons. The van der Waals surface area contributed by atoms with Gasteiger partial charge in [0.2, 0.25) is 0 Å². The van der Waals surface area contributed by atoms with E-state index in [0.29, 0.717) is 10.8 Å². The lowest BCUT2D eigenvalue weighted by Gasteiger charge is -2.07. The minimum atomic E-state index is -0.0174. The lowest BCUT2D eigenvalue weighted by atomic mass is 10.1. The third kappa shape index (κ3) is 2.05. The van der Waals surface area contributed by atoms with Crippen LogP contribution in [0.15, 0.2) is 18.2 Å². The van der Waals surface area contributed by atoms with Crippen molar-refractivity contribution in [3.8, 4) is 5.75 Å². The maximum absolute atomic E-state index is 5.89. The molecule has 0 aliphatic carbocycles. The highest BCUT2D eigenvalue weighted by Gasteiger charge is 2.05. The summed E-state index contributed by atoms with van der Waals surface area (Å²) in [5.41, 5.74) is 1.01. The van der Waals surface area contributed by atoms with Gasteiger partial charge < -0.3 is 4.74 Å². The summed E-state index contributed by atoms with van der Waals surface area (Å²) in [4.78, 5) is 0. The topological polar surface area (TPSA) is 9.23 Å². The fourth-order valence-corrected chi connectivity index (χ4v) is 1.25. The highest BCUT2D eigenvalue weighted by Crippen LogP contribution is 2.29. The van der Waals surface area contributed by atoms with Crippen LogP contribution >= 0.6 is 23.2 Å². The van der Waals surface area contributed by atoms with Gasteiger partial charge >= 0.3 is 0 Å². The second-order valence-electron chi connectivity index (χ2n) is 2.51. The number of methoxy groups -OCH3 is 1. The summed E-state index contributed by atoms with van der Waals surface area (Å²) in [6, 6.07) is 5.52. The van der Waals surface area contributed by atoms with Gasteiger partial charge in [-0.05, 0) is 24.6 Å². The van der Waals surface area contributed by atoms with Gasteiger partial charge in [0, 0.05) is 0 Å². The summed E-state index contributed by atoms with van der Waals surface area (Å²) < 4.78 is 5.05. The van der Waals surface area contributed by atoms with Gasteiger partial charge in [0.15, 0.2) is 0 Å². The van der Waals surface area contributed by atoms with Crippen molar-refractivity contribution in [1.82, 2.24) is 0 Å². The van der Waals surface area contributed by atoms with Crippen molar-refractivity contribution in [2.45, 2.75) is 12.3 Å². The molecule has 1 unspecified atom stereocenters. The third-order valence-electron chi connectivity index (χ3n) is 1.63. The van der Waals surface area contributed by atoms with Crippen LogP contribution in [0.1, 0.15) is 17.9 Å². The molecule has 1 rings (SSSR count). The fourth-order valence-electron chi connectivity index (χ4n) is 0.924. The van der Waals surface area contributed by atoms with Crippen molar-refractivity contribution < 1.29 is 4.74 Å². The summed E-state index contributed by atoms with van der Waals surface area (Å²) in [6.07, 6.45) is 0. The average molecular weight is 205 g/mol.